The van der Waals surface area contributed by atoms with E-state index in [0.717, 1.165) is 32.9 Å². The maximum Gasteiger partial charge on any atom is 0.235 e. The summed E-state index contributed by atoms with van der Waals surface area (Å²) in [6.45, 7) is 0.393. The Morgan fingerprint density at radius 1 is 0.938 bits per heavy atom. The van der Waals surface area contributed by atoms with Crippen LogP contribution in [0.3, 0.4) is 0 Å². The van der Waals surface area contributed by atoms with Crippen LogP contribution in [-0.4, -0.2) is 19.8 Å². The Morgan fingerprint density at radius 3 is 2.72 bits per heavy atom. The number of hydrogen-bond donors (Lipinski definition) is 0. The zero-order chi connectivity index (χ0) is 21.5. The third-order valence-electron chi connectivity index (χ3n) is 5.07. The first-order valence-corrected chi connectivity index (χ1v) is 11.1. The minimum atomic E-state index is 0.393. The fourth-order valence-corrected chi connectivity index (χ4v) is 4.50. The van der Waals surface area contributed by atoms with Gasteiger partial charge in [0.1, 0.15) is 22.9 Å². The number of hydrogen-bond acceptors (Lipinski definition) is 6. The van der Waals surface area contributed by atoms with E-state index in [2.05, 4.69) is 10.2 Å². The monoisotopic (exact) mass is 458 g/mol. The van der Waals surface area contributed by atoms with Crippen molar-refractivity contribution in [1.29, 1.82) is 0 Å². The third-order valence-corrected chi connectivity index (χ3v) is 6.39. The average Bonchev–Trinajstić information content (AvgIpc) is 3.52. The van der Waals surface area contributed by atoms with Crippen molar-refractivity contribution in [3.63, 3.8) is 0 Å². The number of rotatable bonds is 5. The molecular formula is C24H15ClN4O2S. The largest absolute Gasteiger partial charge is 0.489 e. The van der Waals surface area contributed by atoms with Crippen LogP contribution in [0.2, 0.25) is 5.02 Å². The molecule has 0 saturated heterocycles. The zero-order valence-corrected chi connectivity index (χ0v) is 18.2. The number of ether oxygens (including phenoxy) is 1. The van der Waals surface area contributed by atoms with Crippen LogP contribution in [0.4, 0.5) is 0 Å². The number of benzene rings is 3. The lowest BCUT2D eigenvalue weighted by molar-refractivity contribution is 0.306. The number of para-hydroxylation sites is 1. The Bertz CT molecular complexity index is 1540. The Morgan fingerprint density at radius 2 is 1.81 bits per heavy atom. The molecule has 0 saturated carbocycles. The van der Waals surface area contributed by atoms with E-state index in [1.807, 2.05) is 78.9 Å². The molecule has 0 N–H and O–H groups in total. The van der Waals surface area contributed by atoms with Crippen molar-refractivity contribution >= 4 is 38.9 Å². The first-order valence-electron chi connectivity index (χ1n) is 9.92. The minimum absolute atomic E-state index is 0.393. The Hall–Kier alpha value is -3.68. The molecule has 3 heterocycles. The van der Waals surface area contributed by atoms with Gasteiger partial charge in [0.25, 0.3) is 0 Å². The topological polar surface area (TPSA) is 65.5 Å². The van der Waals surface area contributed by atoms with Crippen LogP contribution >= 0.6 is 22.9 Å². The van der Waals surface area contributed by atoms with E-state index < -0.39 is 0 Å². The van der Waals surface area contributed by atoms with Crippen molar-refractivity contribution in [3.8, 4) is 27.9 Å². The van der Waals surface area contributed by atoms with Gasteiger partial charge in [0.05, 0.1) is 0 Å². The van der Waals surface area contributed by atoms with Crippen molar-refractivity contribution in [2.24, 2.45) is 0 Å². The second-order valence-electron chi connectivity index (χ2n) is 7.18. The first-order chi connectivity index (χ1) is 15.7. The Balaban J connectivity index is 1.31. The average molecular weight is 459 g/mol. The fourth-order valence-electron chi connectivity index (χ4n) is 3.47. The Labute approximate surface area is 191 Å². The second-order valence-corrected chi connectivity index (χ2v) is 8.54. The number of aromatic nitrogens is 4. The second kappa shape index (κ2) is 7.78. The van der Waals surface area contributed by atoms with Gasteiger partial charge in [-0.1, -0.05) is 71.5 Å². The molecule has 8 heteroatoms. The molecule has 0 radical (unpaired) electrons. The number of fused-ring (bicyclic) bond motifs is 2. The predicted octanol–water partition coefficient (Wildman–Crippen LogP) is 6.50. The molecule has 0 aliphatic heterocycles. The summed E-state index contributed by atoms with van der Waals surface area (Å²) in [5.74, 6) is 1.95. The molecule has 3 aromatic carbocycles. The Kier molecular flexibility index (Phi) is 4.63. The number of halogens is 1. The van der Waals surface area contributed by atoms with Crippen LogP contribution in [0.5, 0.6) is 5.75 Å². The molecule has 0 spiro atoms. The molecule has 156 valence electrons. The summed E-state index contributed by atoms with van der Waals surface area (Å²) in [7, 11) is 0. The summed E-state index contributed by atoms with van der Waals surface area (Å²) in [5.41, 5.74) is 2.68. The van der Waals surface area contributed by atoms with Gasteiger partial charge in [-0.25, -0.2) is 0 Å². The predicted molar refractivity (Wildman–Crippen MR) is 125 cm³/mol. The minimum Gasteiger partial charge on any atom is -0.489 e. The van der Waals surface area contributed by atoms with Gasteiger partial charge in [-0.2, -0.15) is 9.61 Å². The van der Waals surface area contributed by atoms with Gasteiger partial charge in [0.15, 0.2) is 5.76 Å². The van der Waals surface area contributed by atoms with Crippen molar-refractivity contribution in [2.45, 2.75) is 6.61 Å². The SMILES string of the molecule is Clc1ccccc1COc1cccc(-c2nn3c(-c4cc5ccccc5o4)nnc3s2)c1. The summed E-state index contributed by atoms with van der Waals surface area (Å²) >= 11 is 7.69. The molecule has 3 aromatic heterocycles. The van der Waals surface area contributed by atoms with E-state index in [4.69, 9.17) is 25.9 Å². The maximum atomic E-state index is 6.23. The molecule has 0 fully saturated rings. The number of nitrogens with zero attached hydrogens (tertiary/aromatic N) is 4. The maximum absolute atomic E-state index is 6.23. The van der Waals surface area contributed by atoms with Crippen LogP contribution < -0.4 is 4.74 Å². The van der Waals surface area contributed by atoms with Crippen LogP contribution in [0.1, 0.15) is 5.56 Å². The molecule has 32 heavy (non-hydrogen) atoms. The summed E-state index contributed by atoms with van der Waals surface area (Å²) in [4.78, 5) is 0.692. The molecule has 6 nitrogen and oxygen atoms in total. The fraction of sp³-hybridized carbons (Fsp3) is 0.0417. The van der Waals surface area contributed by atoms with E-state index >= 15 is 0 Å². The van der Waals surface area contributed by atoms with Gasteiger partial charge < -0.3 is 9.15 Å². The smallest absolute Gasteiger partial charge is 0.235 e. The summed E-state index contributed by atoms with van der Waals surface area (Å²) in [6.07, 6.45) is 0. The normalized spacial score (nSPS) is 11.4. The number of furan rings is 1. The van der Waals surface area contributed by atoms with E-state index in [0.29, 0.717) is 28.2 Å². The molecule has 0 atom stereocenters. The van der Waals surface area contributed by atoms with E-state index in [1.54, 1.807) is 4.52 Å². The van der Waals surface area contributed by atoms with Gasteiger partial charge in [-0.15, -0.1) is 10.2 Å². The molecule has 0 unspecified atom stereocenters. The van der Waals surface area contributed by atoms with E-state index in [9.17, 15) is 0 Å². The lowest BCUT2D eigenvalue weighted by Gasteiger charge is -2.08. The summed E-state index contributed by atoms with van der Waals surface area (Å²) < 4.78 is 13.6. The molecule has 0 bridgehead atoms. The summed E-state index contributed by atoms with van der Waals surface area (Å²) in [6, 6.07) is 25.3. The highest BCUT2D eigenvalue weighted by molar-refractivity contribution is 7.19. The zero-order valence-electron chi connectivity index (χ0n) is 16.6. The molecule has 6 rings (SSSR count). The third kappa shape index (κ3) is 3.41. The lowest BCUT2D eigenvalue weighted by Crippen LogP contribution is -1.96. The molecule has 0 aliphatic carbocycles. The van der Waals surface area contributed by atoms with Crippen LogP contribution in [0.15, 0.2) is 83.3 Å². The van der Waals surface area contributed by atoms with Crippen molar-refractivity contribution in [3.05, 3.63) is 89.4 Å². The molecule has 0 amide bonds. The van der Waals surface area contributed by atoms with E-state index in [1.165, 1.54) is 11.3 Å². The highest BCUT2D eigenvalue weighted by Crippen LogP contribution is 2.32. The van der Waals surface area contributed by atoms with Crippen LogP contribution in [-0.2, 0) is 6.61 Å². The standard InChI is InChI=1S/C24H15ClN4O2S/c25-19-10-3-1-7-17(19)14-30-18-9-5-8-16(12-18)23-28-29-22(26-27-24(29)32-23)21-13-15-6-2-4-11-20(15)31-21/h1-13H,14H2. The van der Waals surface area contributed by atoms with Crippen LogP contribution in [0.25, 0.3) is 38.1 Å². The quantitative estimate of drug-likeness (QED) is 0.295. The van der Waals surface area contributed by atoms with E-state index in [-0.39, 0.29) is 0 Å². The van der Waals surface area contributed by atoms with Gasteiger partial charge in [-0.3, -0.25) is 0 Å². The van der Waals surface area contributed by atoms with Crippen LogP contribution in [0, 0.1) is 0 Å². The van der Waals surface area contributed by atoms with Gasteiger partial charge in [0.2, 0.25) is 10.8 Å². The van der Waals surface area contributed by atoms with Gasteiger partial charge in [0, 0.05) is 21.5 Å². The first kappa shape index (κ1) is 19.0. The highest BCUT2D eigenvalue weighted by Gasteiger charge is 2.18. The molecule has 6 aromatic rings. The van der Waals surface area contributed by atoms with Crippen molar-refractivity contribution < 1.29 is 9.15 Å². The highest BCUT2D eigenvalue weighted by atomic mass is 35.5. The molecule has 0 aliphatic rings. The summed E-state index contributed by atoms with van der Waals surface area (Å²) in [5, 5.41) is 15.8. The lowest BCUT2D eigenvalue weighted by atomic mass is 10.2. The molecular weight excluding hydrogens is 444 g/mol. The van der Waals surface area contributed by atoms with Crippen molar-refractivity contribution in [1.82, 2.24) is 19.8 Å². The van der Waals surface area contributed by atoms with Crippen molar-refractivity contribution in [2.75, 3.05) is 0 Å². The van der Waals surface area contributed by atoms with Gasteiger partial charge in [-0.05, 0) is 30.3 Å². The van der Waals surface area contributed by atoms with Gasteiger partial charge >= 0.3 is 0 Å².